The Balaban J connectivity index is 2.22. The van der Waals surface area contributed by atoms with Gasteiger partial charge >= 0.3 is 5.97 Å². The van der Waals surface area contributed by atoms with Crippen molar-refractivity contribution in [1.82, 2.24) is 4.37 Å². The predicted octanol–water partition coefficient (Wildman–Crippen LogP) is 2.54. The summed E-state index contributed by atoms with van der Waals surface area (Å²) in [7, 11) is 1.91. The van der Waals surface area contributed by atoms with Gasteiger partial charge in [0.1, 0.15) is 10.6 Å². The van der Waals surface area contributed by atoms with Gasteiger partial charge in [-0.25, -0.2) is 4.79 Å². The summed E-state index contributed by atoms with van der Waals surface area (Å²) in [5.74, 6) is -0.197. The molecule has 1 aromatic heterocycles. The van der Waals surface area contributed by atoms with E-state index in [1.54, 1.807) is 6.92 Å². The summed E-state index contributed by atoms with van der Waals surface area (Å²) < 4.78 is 9.09. The Morgan fingerprint density at radius 3 is 2.75 bits per heavy atom. The average molecular weight is 291 g/mol. The second-order valence-electron chi connectivity index (χ2n) is 4.31. The summed E-state index contributed by atoms with van der Waals surface area (Å²) >= 11 is 1.21. The fourth-order valence-electron chi connectivity index (χ4n) is 1.88. The summed E-state index contributed by atoms with van der Waals surface area (Å²) in [6.07, 6.45) is 0. The highest BCUT2D eigenvalue weighted by atomic mass is 32.1. The van der Waals surface area contributed by atoms with Crippen LogP contribution in [0.2, 0.25) is 0 Å². The van der Waals surface area contributed by atoms with Gasteiger partial charge in [-0.3, -0.25) is 0 Å². The number of nitrogens with two attached hydrogens (primary N) is 1. The molecule has 2 rings (SSSR count). The second-order valence-corrected chi connectivity index (χ2v) is 5.06. The van der Waals surface area contributed by atoms with Gasteiger partial charge in [-0.1, -0.05) is 30.3 Å². The first-order chi connectivity index (χ1) is 9.63. The molecule has 0 spiro atoms. The Morgan fingerprint density at radius 2 is 2.10 bits per heavy atom. The maximum absolute atomic E-state index is 11.9. The van der Waals surface area contributed by atoms with E-state index in [1.165, 1.54) is 11.5 Å². The third-order valence-corrected chi connectivity index (χ3v) is 3.77. The van der Waals surface area contributed by atoms with Crippen LogP contribution in [0.1, 0.15) is 22.8 Å². The fraction of sp³-hybridized carbons (Fsp3) is 0.286. The maximum Gasteiger partial charge on any atom is 0.345 e. The van der Waals surface area contributed by atoms with Crippen molar-refractivity contribution >= 4 is 28.3 Å². The highest BCUT2D eigenvalue weighted by Gasteiger charge is 2.23. The van der Waals surface area contributed by atoms with E-state index in [-0.39, 0.29) is 5.82 Å². The van der Waals surface area contributed by atoms with Gasteiger partial charge in [-0.05, 0) is 24.0 Å². The minimum absolute atomic E-state index is 0.225. The molecule has 0 bridgehead atoms. The van der Waals surface area contributed by atoms with Crippen molar-refractivity contribution < 1.29 is 9.53 Å². The van der Waals surface area contributed by atoms with Gasteiger partial charge in [0.25, 0.3) is 0 Å². The van der Waals surface area contributed by atoms with Crippen molar-refractivity contribution in [3.05, 3.63) is 41.5 Å². The molecule has 0 fully saturated rings. The first-order valence-electron chi connectivity index (χ1n) is 6.30. The van der Waals surface area contributed by atoms with E-state index in [2.05, 4.69) is 4.37 Å². The summed E-state index contributed by atoms with van der Waals surface area (Å²) in [4.78, 5) is 13.9. The highest BCUT2D eigenvalue weighted by molar-refractivity contribution is 7.11. The highest BCUT2D eigenvalue weighted by Crippen LogP contribution is 2.31. The van der Waals surface area contributed by atoms with E-state index in [0.29, 0.717) is 18.7 Å². The number of esters is 1. The molecule has 1 heterocycles. The van der Waals surface area contributed by atoms with Gasteiger partial charge < -0.3 is 15.4 Å². The average Bonchev–Trinajstić information content (AvgIpc) is 2.82. The number of nitrogens with zero attached hydrogens (tertiary/aromatic N) is 2. The molecule has 106 valence electrons. The monoisotopic (exact) mass is 291 g/mol. The SMILES string of the molecule is CCOC(=O)c1c(N)nsc1N(C)Cc1ccccc1. The molecule has 20 heavy (non-hydrogen) atoms. The molecule has 0 unspecified atom stereocenters. The van der Waals surface area contributed by atoms with Crippen molar-refractivity contribution in [2.24, 2.45) is 0 Å². The van der Waals surface area contributed by atoms with E-state index in [9.17, 15) is 4.79 Å². The third kappa shape index (κ3) is 3.08. The van der Waals surface area contributed by atoms with Gasteiger partial charge in [-0.2, -0.15) is 4.37 Å². The Labute approximate surface area is 122 Å². The van der Waals surface area contributed by atoms with Crippen LogP contribution >= 0.6 is 11.5 Å². The molecule has 0 aliphatic heterocycles. The molecule has 0 saturated heterocycles. The molecule has 0 aliphatic rings. The molecule has 1 aromatic carbocycles. The minimum atomic E-state index is -0.423. The molecule has 0 atom stereocenters. The van der Waals surface area contributed by atoms with Crippen LogP contribution in [0.25, 0.3) is 0 Å². The van der Waals surface area contributed by atoms with E-state index in [1.807, 2.05) is 42.3 Å². The number of benzene rings is 1. The van der Waals surface area contributed by atoms with E-state index in [0.717, 1.165) is 10.6 Å². The number of nitrogen functional groups attached to an aromatic ring is 1. The molecule has 0 saturated carbocycles. The smallest absolute Gasteiger partial charge is 0.345 e. The summed E-state index contributed by atoms with van der Waals surface area (Å²) in [5, 5.41) is 0.727. The fourth-order valence-corrected chi connectivity index (χ4v) is 2.64. The molecule has 0 radical (unpaired) electrons. The lowest BCUT2D eigenvalue weighted by molar-refractivity contribution is 0.0528. The lowest BCUT2D eigenvalue weighted by Crippen LogP contribution is -2.19. The van der Waals surface area contributed by atoms with Crippen LogP contribution in [-0.4, -0.2) is 24.0 Å². The normalized spacial score (nSPS) is 10.3. The topological polar surface area (TPSA) is 68.5 Å². The van der Waals surface area contributed by atoms with Crippen LogP contribution in [0.5, 0.6) is 0 Å². The molecular formula is C14H17N3O2S. The number of carbonyl (C=O) groups is 1. The van der Waals surface area contributed by atoms with Crippen LogP contribution in [0.3, 0.4) is 0 Å². The number of hydrogen-bond acceptors (Lipinski definition) is 6. The summed E-state index contributed by atoms with van der Waals surface area (Å²) in [6.45, 7) is 2.76. The number of rotatable bonds is 5. The van der Waals surface area contributed by atoms with Crippen LogP contribution in [0.15, 0.2) is 30.3 Å². The summed E-state index contributed by atoms with van der Waals surface area (Å²) in [5.41, 5.74) is 7.28. The molecule has 2 N–H and O–H groups in total. The van der Waals surface area contributed by atoms with Crippen molar-refractivity contribution in [2.75, 3.05) is 24.3 Å². The zero-order chi connectivity index (χ0) is 14.5. The second kappa shape index (κ2) is 6.38. The number of hydrogen-bond donors (Lipinski definition) is 1. The minimum Gasteiger partial charge on any atom is -0.462 e. The predicted molar refractivity (Wildman–Crippen MR) is 81.0 cm³/mol. The zero-order valence-corrected chi connectivity index (χ0v) is 12.3. The Kier molecular flexibility index (Phi) is 4.57. The van der Waals surface area contributed by atoms with E-state index < -0.39 is 5.97 Å². The molecule has 2 aromatic rings. The van der Waals surface area contributed by atoms with Crippen molar-refractivity contribution in [1.29, 1.82) is 0 Å². The van der Waals surface area contributed by atoms with Crippen LogP contribution in [-0.2, 0) is 11.3 Å². The molecule has 5 nitrogen and oxygen atoms in total. The van der Waals surface area contributed by atoms with E-state index >= 15 is 0 Å². The lowest BCUT2D eigenvalue weighted by atomic mass is 10.2. The lowest BCUT2D eigenvalue weighted by Gasteiger charge is -2.18. The zero-order valence-electron chi connectivity index (χ0n) is 11.5. The number of ether oxygens (including phenoxy) is 1. The van der Waals surface area contributed by atoms with Crippen LogP contribution in [0, 0.1) is 0 Å². The Morgan fingerprint density at radius 1 is 1.40 bits per heavy atom. The number of carbonyl (C=O) groups excluding carboxylic acids is 1. The van der Waals surface area contributed by atoms with Crippen LogP contribution < -0.4 is 10.6 Å². The quantitative estimate of drug-likeness (QED) is 0.857. The van der Waals surface area contributed by atoms with Gasteiger partial charge in [0.2, 0.25) is 0 Å². The largest absolute Gasteiger partial charge is 0.462 e. The first-order valence-corrected chi connectivity index (χ1v) is 7.08. The third-order valence-electron chi connectivity index (χ3n) is 2.79. The van der Waals surface area contributed by atoms with Gasteiger partial charge in [0.05, 0.1) is 6.61 Å². The van der Waals surface area contributed by atoms with Crippen molar-refractivity contribution in [3.63, 3.8) is 0 Å². The van der Waals surface area contributed by atoms with Gasteiger partial charge in [0, 0.05) is 13.6 Å². The Hall–Kier alpha value is -2.08. The standard InChI is InChI=1S/C14H17N3O2S/c1-3-19-14(18)11-12(15)16-20-13(11)17(2)9-10-7-5-4-6-8-10/h4-8H,3,9H2,1-2H3,(H2,15,16). The van der Waals surface area contributed by atoms with E-state index in [4.69, 9.17) is 10.5 Å². The van der Waals surface area contributed by atoms with Gasteiger partial charge in [0.15, 0.2) is 5.82 Å². The molecule has 0 amide bonds. The number of aromatic nitrogens is 1. The number of anilines is 2. The summed E-state index contributed by atoms with van der Waals surface area (Å²) in [6, 6.07) is 10.0. The van der Waals surface area contributed by atoms with Gasteiger partial charge in [-0.15, -0.1) is 0 Å². The first kappa shape index (κ1) is 14.3. The van der Waals surface area contributed by atoms with Crippen molar-refractivity contribution in [3.8, 4) is 0 Å². The maximum atomic E-state index is 11.9. The molecule has 0 aliphatic carbocycles. The molecular weight excluding hydrogens is 274 g/mol. The molecule has 6 heteroatoms. The van der Waals surface area contributed by atoms with Crippen LogP contribution in [0.4, 0.5) is 10.8 Å². The van der Waals surface area contributed by atoms with Crippen molar-refractivity contribution in [2.45, 2.75) is 13.5 Å². The Bertz CT molecular complexity index is 583.